The number of carbonyl (C=O) groups is 1. The van der Waals surface area contributed by atoms with Gasteiger partial charge in [0.15, 0.2) is 0 Å². The van der Waals surface area contributed by atoms with Gasteiger partial charge < -0.3 is 19.8 Å². The lowest BCUT2D eigenvalue weighted by Gasteiger charge is -2.34. The second-order valence-corrected chi connectivity index (χ2v) is 4.56. The molecule has 21 heavy (non-hydrogen) atoms. The number of rotatable bonds is 2. The lowest BCUT2D eigenvalue weighted by atomic mass is 10.1. The number of hydrogen-bond acceptors (Lipinski definition) is 4. The van der Waals surface area contributed by atoms with Crippen molar-refractivity contribution >= 4 is 5.91 Å². The number of hydrogen-bond donors (Lipinski definition) is 2. The van der Waals surface area contributed by atoms with Crippen LogP contribution in [0.2, 0.25) is 0 Å². The van der Waals surface area contributed by atoms with Gasteiger partial charge in [0.1, 0.15) is 12.4 Å². The molecular formula is C15H16FNO4. The maximum Gasteiger partial charge on any atom is 0.257 e. The molecule has 0 spiro atoms. The molecule has 2 rings (SSSR count). The Hall–Kier alpha value is -1.94. The fraction of sp³-hybridized carbons (Fsp3) is 0.400. The van der Waals surface area contributed by atoms with Crippen LogP contribution in [0.4, 0.5) is 4.39 Å². The van der Waals surface area contributed by atoms with Gasteiger partial charge in [-0.1, -0.05) is 11.8 Å². The molecule has 1 aromatic carbocycles. The first-order chi connectivity index (χ1) is 10.2. The molecule has 0 aliphatic carbocycles. The summed E-state index contributed by atoms with van der Waals surface area (Å²) in [5.41, 5.74) is 0.323. The van der Waals surface area contributed by atoms with Crippen LogP contribution in [0, 0.1) is 17.7 Å². The van der Waals surface area contributed by atoms with Crippen LogP contribution in [-0.2, 0) is 4.74 Å². The van der Waals surface area contributed by atoms with Gasteiger partial charge in [0.05, 0.1) is 31.4 Å². The van der Waals surface area contributed by atoms with E-state index in [4.69, 9.17) is 9.84 Å². The molecule has 2 N–H and O–H groups in total. The van der Waals surface area contributed by atoms with Crippen LogP contribution < -0.4 is 0 Å². The summed E-state index contributed by atoms with van der Waals surface area (Å²) in [6, 6.07) is 3.58. The summed E-state index contributed by atoms with van der Waals surface area (Å²) >= 11 is 0. The molecule has 1 aliphatic rings. The van der Waals surface area contributed by atoms with Gasteiger partial charge in [0.25, 0.3) is 5.91 Å². The third-order valence-electron chi connectivity index (χ3n) is 3.21. The zero-order valence-corrected chi connectivity index (χ0v) is 11.4. The molecule has 1 aromatic rings. The fourth-order valence-electron chi connectivity index (χ4n) is 2.14. The van der Waals surface area contributed by atoms with Crippen LogP contribution in [0.25, 0.3) is 0 Å². The second kappa shape index (κ2) is 7.18. The monoisotopic (exact) mass is 293 g/mol. The molecule has 5 nitrogen and oxygen atoms in total. The molecule has 1 amide bonds. The van der Waals surface area contributed by atoms with Crippen LogP contribution in [0.3, 0.4) is 0 Å². The van der Waals surface area contributed by atoms with E-state index in [0.29, 0.717) is 18.7 Å². The van der Waals surface area contributed by atoms with E-state index in [2.05, 4.69) is 11.8 Å². The molecule has 1 heterocycles. The van der Waals surface area contributed by atoms with Gasteiger partial charge in [-0.05, 0) is 18.2 Å². The van der Waals surface area contributed by atoms with E-state index in [9.17, 15) is 14.3 Å². The minimum absolute atomic E-state index is 0.0649. The zero-order valence-electron chi connectivity index (χ0n) is 11.4. The summed E-state index contributed by atoms with van der Waals surface area (Å²) in [6.45, 7) is 0.380. The van der Waals surface area contributed by atoms with E-state index in [-0.39, 0.29) is 25.4 Å². The number of aliphatic hydroxyl groups is 2. The van der Waals surface area contributed by atoms with Crippen LogP contribution in [0.15, 0.2) is 18.2 Å². The number of halogens is 1. The Bertz CT molecular complexity index is 579. The summed E-state index contributed by atoms with van der Waals surface area (Å²) in [6.07, 6.45) is 0. The van der Waals surface area contributed by atoms with E-state index in [1.54, 1.807) is 0 Å². The minimum atomic E-state index is -0.673. The van der Waals surface area contributed by atoms with E-state index >= 15 is 0 Å². The molecule has 1 atom stereocenters. The van der Waals surface area contributed by atoms with Crippen molar-refractivity contribution in [3.8, 4) is 11.8 Å². The van der Waals surface area contributed by atoms with Crippen molar-refractivity contribution in [1.29, 1.82) is 0 Å². The Morgan fingerprint density at radius 1 is 1.48 bits per heavy atom. The quantitative estimate of drug-likeness (QED) is 0.753. The topological polar surface area (TPSA) is 70.0 Å². The third-order valence-corrected chi connectivity index (χ3v) is 3.21. The maximum atomic E-state index is 14.0. The number of benzene rings is 1. The summed E-state index contributed by atoms with van der Waals surface area (Å²) in [4.78, 5) is 13.8. The summed E-state index contributed by atoms with van der Waals surface area (Å²) < 4.78 is 19.2. The van der Waals surface area contributed by atoms with Crippen molar-refractivity contribution < 1.29 is 24.1 Å². The fourth-order valence-corrected chi connectivity index (χ4v) is 2.14. The lowest BCUT2D eigenvalue weighted by molar-refractivity contribution is -0.0185. The Kier molecular flexibility index (Phi) is 5.28. The largest absolute Gasteiger partial charge is 0.394 e. The highest BCUT2D eigenvalue weighted by atomic mass is 19.1. The number of carbonyl (C=O) groups excluding carboxylic acids is 1. The molecule has 0 bridgehead atoms. The average molecular weight is 293 g/mol. The standard InChI is InChI=1S/C15H16FNO4/c16-14-8-11(2-1-6-18)3-4-13(14)15(20)17-5-7-21-10-12(17)9-19/h3-4,8,12,18-19H,5-7,9-10H2. The molecule has 112 valence electrons. The normalized spacial score (nSPS) is 18.0. The second-order valence-electron chi connectivity index (χ2n) is 4.56. The predicted molar refractivity (Wildman–Crippen MR) is 73.1 cm³/mol. The first-order valence-corrected chi connectivity index (χ1v) is 6.56. The van der Waals surface area contributed by atoms with Crippen molar-refractivity contribution in [1.82, 2.24) is 4.90 Å². The lowest BCUT2D eigenvalue weighted by Crippen LogP contribution is -2.50. The number of nitrogens with zero attached hydrogens (tertiary/aromatic N) is 1. The van der Waals surface area contributed by atoms with Gasteiger partial charge in [-0.3, -0.25) is 4.79 Å². The first kappa shape index (κ1) is 15.4. The molecule has 0 aromatic heterocycles. The van der Waals surface area contributed by atoms with Crippen LogP contribution in [-0.4, -0.2) is 60.0 Å². The van der Waals surface area contributed by atoms with Gasteiger partial charge in [-0.2, -0.15) is 0 Å². The van der Waals surface area contributed by atoms with Gasteiger partial charge in [-0.25, -0.2) is 4.39 Å². The number of ether oxygens (including phenoxy) is 1. The highest BCUT2D eigenvalue weighted by Gasteiger charge is 2.28. The van der Waals surface area contributed by atoms with E-state index in [1.807, 2.05) is 0 Å². The van der Waals surface area contributed by atoms with E-state index in [1.165, 1.54) is 17.0 Å². The SMILES string of the molecule is O=C(c1ccc(C#CCO)cc1F)N1CCOCC1CO. The first-order valence-electron chi connectivity index (χ1n) is 6.56. The van der Waals surface area contributed by atoms with Crippen molar-refractivity contribution in [2.75, 3.05) is 33.0 Å². The number of amides is 1. The van der Waals surface area contributed by atoms with E-state index in [0.717, 1.165) is 6.07 Å². The smallest absolute Gasteiger partial charge is 0.257 e. The molecule has 0 saturated carbocycles. The number of aliphatic hydroxyl groups excluding tert-OH is 2. The van der Waals surface area contributed by atoms with Gasteiger partial charge in [-0.15, -0.1) is 0 Å². The molecular weight excluding hydrogens is 277 g/mol. The summed E-state index contributed by atoms with van der Waals surface area (Å²) in [7, 11) is 0. The van der Waals surface area contributed by atoms with Gasteiger partial charge in [0, 0.05) is 12.1 Å². The van der Waals surface area contributed by atoms with Crippen LogP contribution in [0.5, 0.6) is 0 Å². The predicted octanol–water partition coefficient (Wildman–Crippen LogP) is 0.00280. The zero-order chi connectivity index (χ0) is 15.2. The molecule has 6 heteroatoms. The summed E-state index contributed by atoms with van der Waals surface area (Å²) in [5, 5.41) is 17.9. The molecule has 0 radical (unpaired) electrons. The van der Waals surface area contributed by atoms with Crippen molar-refractivity contribution in [3.63, 3.8) is 0 Å². The van der Waals surface area contributed by atoms with Crippen LogP contribution >= 0.6 is 0 Å². The number of morpholine rings is 1. The Morgan fingerprint density at radius 2 is 2.29 bits per heavy atom. The average Bonchev–Trinajstić information content (AvgIpc) is 2.52. The van der Waals surface area contributed by atoms with Gasteiger partial charge >= 0.3 is 0 Å². The third kappa shape index (κ3) is 3.58. The highest BCUT2D eigenvalue weighted by molar-refractivity contribution is 5.95. The Morgan fingerprint density at radius 3 is 2.95 bits per heavy atom. The molecule has 1 fully saturated rings. The van der Waals surface area contributed by atoms with Gasteiger partial charge in [0.2, 0.25) is 0 Å². The van der Waals surface area contributed by atoms with Crippen molar-refractivity contribution in [3.05, 3.63) is 35.1 Å². The molecule has 1 saturated heterocycles. The minimum Gasteiger partial charge on any atom is -0.394 e. The molecule has 1 aliphatic heterocycles. The summed E-state index contributed by atoms with van der Waals surface area (Å²) in [5.74, 6) is 3.84. The van der Waals surface area contributed by atoms with Crippen molar-refractivity contribution in [2.24, 2.45) is 0 Å². The maximum absolute atomic E-state index is 14.0. The van der Waals surface area contributed by atoms with Crippen molar-refractivity contribution in [2.45, 2.75) is 6.04 Å². The Balaban J connectivity index is 2.22. The highest BCUT2D eigenvalue weighted by Crippen LogP contribution is 2.16. The molecule has 1 unspecified atom stereocenters. The van der Waals surface area contributed by atoms with E-state index < -0.39 is 17.8 Å². The Labute approximate surface area is 121 Å². The van der Waals surface area contributed by atoms with Crippen LogP contribution in [0.1, 0.15) is 15.9 Å².